The van der Waals surface area contributed by atoms with Crippen LogP contribution in [-0.4, -0.2) is 4.98 Å². The van der Waals surface area contributed by atoms with Gasteiger partial charge in [-0.2, -0.15) is 13.2 Å². The van der Waals surface area contributed by atoms with E-state index in [0.29, 0.717) is 11.3 Å². The normalized spacial score (nSPS) is 11.5. The Morgan fingerprint density at radius 1 is 0.826 bits per heavy atom. The fourth-order valence-corrected chi connectivity index (χ4v) is 2.44. The van der Waals surface area contributed by atoms with E-state index in [0.717, 1.165) is 28.8 Å². The molecule has 0 atom stereocenters. The van der Waals surface area contributed by atoms with Gasteiger partial charge in [-0.1, -0.05) is 42.0 Å². The largest absolute Gasteiger partial charge is 0.416 e. The number of nitrogens with zero attached hydrogens (tertiary/aromatic N) is 1. The van der Waals surface area contributed by atoms with Crippen molar-refractivity contribution in [3.05, 3.63) is 78.0 Å². The summed E-state index contributed by atoms with van der Waals surface area (Å²) in [6.45, 7) is 1.97. The molecule has 0 amide bonds. The zero-order valence-electron chi connectivity index (χ0n) is 12.4. The first kappa shape index (κ1) is 15.3. The smallest absolute Gasteiger partial charge is 0.256 e. The van der Waals surface area contributed by atoms with Crippen LogP contribution in [0.25, 0.3) is 22.4 Å². The van der Waals surface area contributed by atoms with Gasteiger partial charge >= 0.3 is 6.18 Å². The van der Waals surface area contributed by atoms with Gasteiger partial charge in [0.15, 0.2) is 0 Å². The summed E-state index contributed by atoms with van der Waals surface area (Å²) in [4.78, 5) is 4.21. The third kappa shape index (κ3) is 3.26. The van der Waals surface area contributed by atoms with Crippen LogP contribution >= 0.6 is 0 Å². The van der Waals surface area contributed by atoms with Gasteiger partial charge in [-0.05, 0) is 42.3 Å². The monoisotopic (exact) mass is 313 g/mol. The molecular formula is C19H14F3N. The van der Waals surface area contributed by atoms with E-state index in [1.54, 1.807) is 24.4 Å². The van der Waals surface area contributed by atoms with Crippen LogP contribution in [0.4, 0.5) is 13.2 Å². The van der Waals surface area contributed by atoms with Crippen LogP contribution in [0.5, 0.6) is 0 Å². The molecule has 0 spiro atoms. The molecular weight excluding hydrogens is 299 g/mol. The molecule has 3 aromatic rings. The minimum atomic E-state index is -4.38. The van der Waals surface area contributed by atoms with E-state index in [2.05, 4.69) is 4.98 Å². The number of hydrogen-bond acceptors (Lipinski definition) is 1. The molecule has 1 nitrogen and oxygen atoms in total. The number of benzene rings is 2. The number of aromatic nitrogens is 1. The lowest BCUT2D eigenvalue weighted by molar-refractivity contribution is -0.137. The van der Waals surface area contributed by atoms with E-state index in [-0.39, 0.29) is 0 Å². The second-order valence-corrected chi connectivity index (χ2v) is 5.34. The Labute approximate surface area is 132 Å². The molecule has 0 saturated carbocycles. The molecule has 0 aliphatic rings. The number of halogens is 3. The van der Waals surface area contributed by atoms with Crippen LogP contribution in [-0.2, 0) is 6.18 Å². The van der Waals surface area contributed by atoms with Gasteiger partial charge in [0, 0.05) is 11.8 Å². The van der Waals surface area contributed by atoms with E-state index in [1.165, 1.54) is 6.07 Å². The average Bonchev–Trinajstić information content (AvgIpc) is 2.55. The Morgan fingerprint density at radius 3 is 2.17 bits per heavy atom. The SMILES string of the molecule is Cc1ccc(-c2ccc(C(F)(F)F)cc2-c2ccccn2)cc1. The molecule has 4 heteroatoms. The van der Waals surface area contributed by atoms with Gasteiger partial charge in [0.25, 0.3) is 0 Å². The number of alkyl halides is 3. The van der Waals surface area contributed by atoms with Crippen molar-refractivity contribution < 1.29 is 13.2 Å². The second-order valence-electron chi connectivity index (χ2n) is 5.34. The Hall–Kier alpha value is -2.62. The fraction of sp³-hybridized carbons (Fsp3) is 0.105. The van der Waals surface area contributed by atoms with Crippen molar-refractivity contribution in [1.82, 2.24) is 4.98 Å². The second kappa shape index (κ2) is 5.88. The molecule has 0 aliphatic heterocycles. The minimum absolute atomic E-state index is 0.476. The minimum Gasteiger partial charge on any atom is -0.256 e. The molecule has 23 heavy (non-hydrogen) atoms. The summed E-state index contributed by atoms with van der Waals surface area (Å²) in [5.74, 6) is 0. The van der Waals surface area contributed by atoms with E-state index in [1.807, 2.05) is 31.2 Å². The van der Waals surface area contributed by atoms with Crippen LogP contribution in [0.1, 0.15) is 11.1 Å². The highest BCUT2D eigenvalue weighted by Gasteiger charge is 2.31. The topological polar surface area (TPSA) is 12.9 Å². The van der Waals surface area contributed by atoms with Crippen molar-refractivity contribution in [2.24, 2.45) is 0 Å². The summed E-state index contributed by atoms with van der Waals surface area (Å²) in [6.07, 6.45) is -2.80. The predicted octanol–water partition coefficient (Wildman–Crippen LogP) is 5.74. The Bertz CT molecular complexity index is 806. The molecule has 0 N–H and O–H groups in total. The first-order valence-electron chi connectivity index (χ1n) is 7.15. The van der Waals surface area contributed by atoms with Gasteiger partial charge in [-0.3, -0.25) is 4.98 Å². The summed E-state index contributed by atoms with van der Waals surface area (Å²) >= 11 is 0. The molecule has 0 bridgehead atoms. The number of pyridine rings is 1. The van der Waals surface area contributed by atoms with Crippen molar-refractivity contribution in [1.29, 1.82) is 0 Å². The standard InChI is InChI=1S/C19H14F3N/c1-13-5-7-14(8-6-13)16-10-9-15(19(20,21)22)12-17(16)18-4-2-3-11-23-18/h2-12H,1H3. The van der Waals surface area contributed by atoms with Crippen LogP contribution in [0, 0.1) is 6.92 Å². The Morgan fingerprint density at radius 2 is 1.57 bits per heavy atom. The molecule has 0 saturated heterocycles. The molecule has 0 fully saturated rings. The van der Waals surface area contributed by atoms with Gasteiger partial charge in [-0.15, -0.1) is 0 Å². The zero-order valence-corrected chi connectivity index (χ0v) is 12.4. The maximum atomic E-state index is 13.1. The summed E-state index contributed by atoms with van der Waals surface area (Å²) in [5, 5.41) is 0. The third-order valence-electron chi connectivity index (χ3n) is 3.65. The molecule has 0 aliphatic carbocycles. The molecule has 0 unspecified atom stereocenters. The highest BCUT2D eigenvalue weighted by atomic mass is 19.4. The zero-order chi connectivity index (χ0) is 16.4. The highest BCUT2D eigenvalue weighted by molar-refractivity contribution is 5.82. The third-order valence-corrected chi connectivity index (χ3v) is 3.65. The van der Waals surface area contributed by atoms with Gasteiger partial charge in [-0.25, -0.2) is 0 Å². The molecule has 1 aromatic heterocycles. The van der Waals surface area contributed by atoms with Crippen molar-refractivity contribution in [3.8, 4) is 22.4 Å². The van der Waals surface area contributed by atoms with Crippen molar-refractivity contribution >= 4 is 0 Å². The number of hydrogen-bond donors (Lipinski definition) is 0. The van der Waals surface area contributed by atoms with E-state index in [9.17, 15) is 13.2 Å². The van der Waals surface area contributed by atoms with E-state index < -0.39 is 11.7 Å². The van der Waals surface area contributed by atoms with Crippen molar-refractivity contribution in [3.63, 3.8) is 0 Å². The van der Waals surface area contributed by atoms with Crippen LogP contribution < -0.4 is 0 Å². The first-order chi connectivity index (χ1) is 10.9. The molecule has 1 heterocycles. The number of rotatable bonds is 2. The van der Waals surface area contributed by atoms with Gasteiger partial charge in [0.2, 0.25) is 0 Å². The summed E-state index contributed by atoms with van der Waals surface area (Å²) in [7, 11) is 0. The van der Waals surface area contributed by atoms with Crippen molar-refractivity contribution in [2.45, 2.75) is 13.1 Å². The summed E-state index contributed by atoms with van der Waals surface area (Å²) < 4.78 is 39.2. The maximum absolute atomic E-state index is 13.1. The van der Waals surface area contributed by atoms with Crippen molar-refractivity contribution in [2.75, 3.05) is 0 Å². The lowest BCUT2D eigenvalue weighted by Crippen LogP contribution is -2.05. The van der Waals surface area contributed by atoms with E-state index in [4.69, 9.17) is 0 Å². The van der Waals surface area contributed by atoms with Gasteiger partial charge < -0.3 is 0 Å². The molecule has 0 radical (unpaired) electrons. The molecule has 3 rings (SSSR count). The maximum Gasteiger partial charge on any atom is 0.416 e. The van der Waals surface area contributed by atoms with Gasteiger partial charge in [0.05, 0.1) is 11.3 Å². The van der Waals surface area contributed by atoms with Gasteiger partial charge in [0.1, 0.15) is 0 Å². The summed E-state index contributed by atoms with van der Waals surface area (Å²) in [5.41, 5.74) is 3.02. The Balaban J connectivity index is 2.21. The van der Waals surface area contributed by atoms with Crippen LogP contribution in [0.2, 0.25) is 0 Å². The first-order valence-corrected chi connectivity index (χ1v) is 7.15. The fourth-order valence-electron chi connectivity index (χ4n) is 2.44. The molecule has 116 valence electrons. The number of aryl methyl sites for hydroxylation is 1. The average molecular weight is 313 g/mol. The summed E-state index contributed by atoms with van der Waals surface area (Å²) in [6, 6.07) is 16.7. The quantitative estimate of drug-likeness (QED) is 0.587. The van der Waals surface area contributed by atoms with Crippen LogP contribution in [0.15, 0.2) is 66.9 Å². The highest BCUT2D eigenvalue weighted by Crippen LogP contribution is 2.37. The van der Waals surface area contributed by atoms with E-state index >= 15 is 0 Å². The lowest BCUT2D eigenvalue weighted by Gasteiger charge is -2.14. The van der Waals surface area contributed by atoms with Crippen LogP contribution in [0.3, 0.4) is 0 Å². The molecule has 2 aromatic carbocycles. The lowest BCUT2D eigenvalue weighted by atomic mass is 9.94. The Kier molecular flexibility index (Phi) is 3.90. The predicted molar refractivity (Wildman–Crippen MR) is 84.8 cm³/mol.